The molecule has 1 nitrogen and oxygen atoms in total. The molecule has 2 heteroatoms. The summed E-state index contributed by atoms with van der Waals surface area (Å²) in [5, 5.41) is 0.572. The maximum atomic E-state index is 10.8. The lowest BCUT2D eigenvalue weighted by molar-refractivity contribution is -0.120. The summed E-state index contributed by atoms with van der Waals surface area (Å²) in [6.45, 7) is 3.84. The molecule has 9 heavy (non-hydrogen) atoms. The lowest BCUT2D eigenvalue weighted by atomic mass is 10.00. The van der Waals surface area contributed by atoms with Crippen LogP contribution in [-0.2, 0) is 4.79 Å². The number of ketones is 1. The van der Waals surface area contributed by atoms with Crippen molar-refractivity contribution < 1.29 is 4.79 Å². The number of hydrogen-bond donors (Lipinski definition) is 0. The molecule has 0 bridgehead atoms. The van der Waals surface area contributed by atoms with E-state index in [1.165, 1.54) is 5.75 Å². The molecule has 1 heterocycles. The van der Waals surface area contributed by atoms with Crippen LogP contribution in [0.1, 0.15) is 20.3 Å². The molecule has 1 rings (SSSR count). The van der Waals surface area contributed by atoms with Crippen molar-refractivity contribution in [1.29, 1.82) is 0 Å². The molecular weight excluding hydrogens is 132 g/mol. The quantitative estimate of drug-likeness (QED) is 0.557. The standard InChI is InChI=1S/C7H12OS/c1-5(8)7-3-4-9-6(7)2/h6-7H,3-4H2,1-2H3. The van der Waals surface area contributed by atoms with Gasteiger partial charge in [0, 0.05) is 11.2 Å². The van der Waals surface area contributed by atoms with Crippen molar-refractivity contribution in [1.82, 2.24) is 0 Å². The highest BCUT2D eigenvalue weighted by Crippen LogP contribution is 2.31. The average Bonchev–Trinajstić information content (AvgIpc) is 2.13. The monoisotopic (exact) mass is 144 g/mol. The van der Waals surface area contributed by atoms with Gasteiger partial charge in [-0.2, -0.15) is 11.8 Å². The highest BCUT2D eigenvalue weighted by atomic mass is 32.2. The largest absolute Gasteiger partial charge is 0.300 e. The molecule has 0 N–H and O–H groups in total. The second-order valence-corrected chi connectivity index (χ2v) is 4.07. The Morgan fingerprint density at radius 2 is 2.33 bits per heavy atom. The molecule has 0 saturated carbocycles. The minimum atomic E-state index is 0.356. The Morgan fingerprint density at radius 1 is 1.67 bits per heavy atom. The van der Waals surface area contributed by atoms with Crippen LogP contribution in [0.25, 0.3) is 0 Å². The van der Waals surface area contributed by atoms with Gasteiger partial charge in [-0.15, -0.1) is 0 Å². The molecule has 2 unspecified atom stereocenters. The van der Waals surface area contributed by atoms with Crippen molar-refractivity contribution in [3.05, 3.63) is 0 Å². The maximum absolute atomic E-state index is 10.8. The Hall–Kier alpha value is 0.0200. The first-order valence-corrected chi connectivity index (χ1v) is 4.38. The second-order valence-electron chi connectivity index (χ2n) is 2.58. The Bertz CT molecular complexity index is 122. The Kier molecular flexibility index (Phi) is 2.17. The topological polar surface area (TPSA) is 17.1 Å². The number of thioether (sulfide) groups is 1. The summed E-state index contributed by atoms with van der Waals surface area (Å²) in [4.78, 5) is 10.8. The number of rotatable bonds is 1. The number of Topliss-reactive ketones (excluding diaryl/α,β-unsaturated/α-hetero) is 1. The average molecular weight is 144 g/mol. The fourth-order valence-electron chi connectivity index (χ4n) is 1.27. The zero-order valence-electron chi connectivity index (χ0n) is 5.89. The molecule has 0 aromatic heterocycles. The maximum Gasteiger partial charge on any atom is 0.134 e. The number of carbonyl (C=O) groups excluding carboxylic acids is 1. The molecule has 1 aliphatic heterocycles. The SMILES string of the molecule is CC(=O)C1CCSC1C. The zero-order chi connectivity index (χ0) is 6.85. The van der Waals surface area contributed by atoms with Gasteiger partial charge < -0.3 is 0 Å². The highest BCUT2D eigenvalue weighted by Gasteiger charge is 2.27. The molecular formula is C7H12OS. The summed E-state index contributed by atoms with van der Waals surface area (Å²) in [7, 11) is 0. The van der Waals surface area contributed by atoms with E-state index in [9.17, 15) is 4.79 Å². The van der Waals surface area contributed by atoms with Crippen molar-refractivity contribution in [3.8, 4) is 0 Å². The van der Waals surface area contributed by atoms with E-state index in [1.807, 2.05) is 11.8 Å². The first-order chi connectivity index (χ1) is 4.22. The minimum absolute atomic E-state index is 0.356. The van der Waals surface area contributed by atoms with Gasteiger partial charge >= 0.3 is 0 Å². The van der Waals surface area contributed by atoms with E-state index in [4.69, 9.17) is 0 Å². The van der Waals surface area contributed by atoms with Crippen molar-refractivity contribution in [2.75, 3.05) is 5.75 Å². The van der Waals surface area contributed by atoms with E-state index >= 15 is 0 Å². The lowest BCUT2D eigenvalue weighted by Gasteiger charge is -2.08. The smallest absolute Gasteiger partial charge is 0.134 e. The van der Waals surface area contributed by atoms with Gasteiger partial charge in [0.25, 0.3) is 0 Å². The van der Waals surface area contributed by atoms with Crippen molar-refractivity contribution in [3.63, 3.8) is 0 Å². The summed E-state index contributed by atoms with van der Waals surface area (Å²) in [5.41, 5.74) is 0. The lowest BCUT2D eigenvalue weighted by Crippen LogP contribution is -2.15. The van der Waals surface area contributed by atoms with Crippen LogP contribution in [0.15, 0.2) is 0 Å². The zero-order valence-corrected chi connectivity index (χ0v) is 6.70. The van der Waals surface area contributed by atoms with Crippen LogP contribution < -0.4 is 0 Å². The molecule has 0 spiro atoms. The molecule has 0 aliphatic carbocycles. The fourth-order valence-corrected chi connectivity index (χ4v) is 2.59. The fraction of sp³-hybridized carbons (Fsp3) is 0.857. The van der Waals surface area contributed by atoms with Crippen LogP contribution in [0.5, 0.6) is 0 Å². The van der Waals surface area contributed by atoms with Gasteiger partial charge in [-0.1, -0.05) is 6.92 Å². The molecule has 0 amide bonds. The van der Waals surface area contributed by atoms with Crippen molar-refractivity contribution in [2.24, 2.45) is 5.92 Å². The third kappa shape index (κ3) is 1.48. The summed E-state index contributed by atoms with van der Waals surface area (Å²) in [5.74, 6) is 1.90. The summed E-state index contributed by atoms with van der Waals surface area (Å²) in [6.07, 6.45) is 1.10. The van der Waals surface area contributed by atoms with Crippen molar-refractivity contribution in [2.45, 2.75) is 25.5 Å². The summed E-state index contributed by atoms with van der Waals surface area (Å²) >= 11 is 1.91. The molecule has 1 aliphatic rings. The van der Waals surface area contributed by atoms with Gasteiger partial charge in [-0.3, -0.25) is 4.79 Å². The summed E-state index contributed by atoms with van der Waals surface area (Å²) < 4.78 is 0. The van der Waals surface area contributed by atoms with Gasteiger partial charge in [0.2, 0.25) is 0 Å². The van der Waals surface area contributed by atoms with Gasteiger partial charge in [0.05, 0.1) is 0 Å². The number of hydrogen-bond acceptors (Lipinski definition) is 2. The molecule has 1 saturated heterocycles. The third-order valence-corrected chi connectivity index (χ3v) is 3.22. The van der Waals surface area contributed by atoms with E-state index < -0.39 is 0 Å². The van der Waals surface area contributed by atoms with Gasteiger partial charge in [0.1, 0.15) is 5.78 Å². The van der Waals surface area contributed by atoms with Crippen LogP contribution in [0.4, 0.5) is 0 Å². The van der Waals surface area contributed by atoms with Crippen LogP contribution in [-0.4, -0.2) is 16.8 Å². The Labute approximate surface area is 60.2 Å². The Morgan fingerprint density at radius 3 is 2.56 bits per heavy atom. The van der Waals surface area contributed by atoms with Crippen LogP contribution in [0.2, 0.25) is 0 Å². The molecule has 1 fully saturated rings. The van der Waals surface area contributed by atoms with Gasteiger partial charge in [0.15, 0.2) is 0 Å². The molecule has 52 valence electrons. The van der Waals surface area contributed by atoms with Gasteiger partial charge in [-0.05, 0) is 19.1 Å². The molecule has 0 aromatic carbocycles. The summed E-state index contributed by atoms with van der Waals surface area (Å²) in [6, 6.07) is 0. The normalized spacial score (nSPS) is 34.9. The second kappa shape index (κ2) is 2.74. The highest BCUT2D eigenvalue weighted by molar-refractivity contribution is 8.00. The molecule has 0 radical (unpaired) electrons. The van der Waals surface area contributed by atoms with Crippen molar-refractivity contribution >= 4 is 17.5 Å². The van der Waals surface area contributed by atoms with E-state index in [-0.39, 0.29) is 0 Å². The molecule has 0 aromatic rings. The minimum Gasteiger partial charge on any atom is -0.300 e. The third-order valence-electron chi connectivity index (χ3n) is 1.90. The van der Waals surface area contributed by atoms with Crippen LogP contribution >= 0.6 is 11.8 Å². The van der Waals surface area contributed by atoms with E-state index in [1.54, 1.807) is 6.92 Å². The van der Waals surface area contributed by atoms with E-state index in [2.05, 4.69) is 6.92 Å². The Balaban J connectivity index is 2.49. The first-order valence-electron chi connectivity index (χ1n) is 3.34. The molecule has 2 atom stereocenters. The first kappa shape index (κ1) is 7.13. The number of carbonyl (C=O) groups is 1. The van der Waals surface area contributed by atoms with Crippen LogP contribution in [0.3, 0.4) is 0 Å². The van der Waals surface area contributed by atoms with E-state index in [0.717, 1.165) is 6.42 Å². The van der Waals surface area contributed by atoms with Crippen LogP contribution in [0, 0.1) is 5.92 Å². The van der Waals surface area contributed by atoms with E-state index in [0.29, 0.717) is 17.0 Å². The van der Waals surface area contributed by atoms with Gasteiger partial charge in [-0.25, -0.2) is 0 Å². The predicted molar refractivity (Wildman–Crippen MR) is 40.7 cm³/mol. The predicted octanol–water partition coefficient (Wildman–Crippen LogP) is 1.72.